The molecule has 1 aromatic rings. The molecular weight excluding hydrogens is 296 g/mol. The predicted octanol–water partition coefficient (Wildman–Crippen LogP) is 1.38. The van der Waals surface area contributed by atoms with Gasteiger partial charge in [-0.3, -0.25) is 4.79 Å². The van der Waals surface area contributed by atoms with Crippen molar-refractivity contribution in [3.8, 4) is 5.75 Å². The summed E-state index contributed by atoms with van der Waals surface area (Å²) >= 11 is 0. The predicted molar refractivity (Wildman–Crippen MR) is 65.1 cm³/mol. The van der Waals surface area contributed by atoms with Crippen molar-refractivity contribution >= 4 is 16.0 Å². The maximum atomic E-state index is 12.2. The van der Waals surface area contributed by atoms with Crippen molar-refractivity contribution in [2.24, 2.45) is 0 Å². The van der Waals surface area contributed by atoms with E-state index in [1.54, 1.807) is 0 Å². The fraction of sp³-hybridized carbons (Fsp3) is 0.364. The van der Waals surface area contributed by atoms with Crippen LogP contribution in [0.4, 0.5) is 8.78 Å². The monoisotopic (exact) mass is 309 g/mol. The second kappa shape index (κ2) is 6.62. The van der Waals surface area contributed by atoms with Crippen LogP contribution in [0, 0.1) is 0 Å². The van der Waals surface area contributed by atoms with Gasteiger partial charge in [-0.2, -0.15) is 8.78 Å². The van der Waals surface area contributed by atoms with Crippen molar-refractivity contribution < 1.29 is 31.8 Å². The van der Waals surface area contributed by atoms with E-state index in [9.17, 15) is 22.0 Å². The smallest absolute Gasteiger partial charge is 0.387 e. The highest BCUT2D eigenvalue weighted by atomic mass is 32.2. The highest BCUT2D eigenvalue weighted by Crippen LogP contribution is 2.27. The molecule has 0 spiro atoms. The molecule has 1 N–H and O–H groups in total. The number of rotatable bonds is 7. The van der Waals surface area contributed by atoms with Crippen LogP contribution in [0.25, 0.3) is 0 Å². The summed E-state index contributed by atoms with van der Waals surface area (Å²) in [5.74, 6) is -1.64. The van der Waals surface area contributed by atoms with Crippen molar-refractivity contribution in [2.75, 3.05) is 13.6 Å². The van der Waals surface area contributed by atoms with Crippen LogP contribution >= 0.6 is 0 Å². The van der Waals surface area contributed by atoms with Crippen molar-refractivity contribution in [3.05, 3.63) is 24.3 Å². The Hall–Kier alpha value is -1.74. The van der Waals surface area contributed by atoms with Gasteiger partial charge in [0.25, 0.3) is 0 Å². The highest BCUT2D eigenvalue weighted by molar-refractivity contribution is 7.89. The van der Waals surface area contributed by atoms with Crippen LogP contribution in [-0.4, -0.2) is 44.0 Å². The molecular formula is C11H13F2NO5S. The van der Waals surface area contributed by atoms with Gasteiger partial charge in [-0.05, 0) is 12.1 Å². The molecule has 0 aliphatic rings. The Morgan fingerprint density at radius 1 is 1.40 bits per heavy atom. The molecule has 112 valence electrons. The Kier molecular flexibility index (Phi) is 5.40. The minimum atomic E-state index is -4.10. The summed E-state index contributed by atoms with van der Waals surface area (Å²) in [6, 6.07) is 4.93. The molecule has 0 aromatic heterocycles. The van der Waals surface area contributed by atoms with Crippen LogP contribution in [0.2, 0.25) is 0 Å². The molecule has 0 saturated carbocycles. The van der Waals surface area contributed by atoms with Crippen molar-refractivity contribution in [1.82, 2.24) is 4.31 Å². The molecule has 0 aliphatic carbocycles. The van der Waals surface area contributed by atoms with Gasteiger partial charge in [-0.15, -0.1) is 0 Å². The van der Waals surface area contributed by atoms with Crippen molar-refractivity contribution in [1.29, 1.82) is 0 Å². The topological polar surface area (TPSA) is 83.9 Å². The van der Waals surface area contributed by atoms with Gasteiger partial charge in [-0.1, -0.05) is 12.1 Å². The van der Waals surface area contributed by atoms with Crippen LogP contribution in [-0.2, 0) is 14.8 Å². The van der Waals surface area contributed by atoms with Gasteiger partial charge in [0, 0.05) is 13.6 Å². The SMILES string of the molecule is CN(CCC(=O)O)S(=O)(=O)c1ccccc1OC(F)F. The zero-order valence-corrected chi connectivity index (χ0v) is 11.3. The van der Waals surface area contributed by atoms with Crippen molar-refractivity contribution in [3.63, 3.8) is 0 Å². The average molecular weight is 309 g/mol. The first-order valence-corrected chi connectivity index (χ1v) is 6.91. The lowest BCUT2D eigenvalue weighted by molar-refractivity contribution is -0.137. The number of sulfonamides is 1. The molecule has 9 heteroatoms. The summed E-state index contributed by atoms with van der Waals surface area (Å²) in [5, 5.41) is 8.53. The van der Waals surface area contributed by atoms with Gasteiger partial charge in [0.2, 0.25) is 10.0 Å². The molecule has 1 rings (SSSR count). The Morgan fingerprint density at radius 2 is 2.00 bits per heavy atom. The van der Waals surface area contributed by atoms with Gasteiger partial charge in [-0.25, -0.2) is 12.7 Å². The van der Waals surface area contributed by atoms with Gasteiger partial charge in [0.1, 0.15) is 10.6 Å². The average Bonchev–Trinajstić information content (AvgIpc) is 2.35. The minimum absolute atomic E-state index is 0.277. The lowest BCUT2D eigenvalue weighted by Gasteiger charge is -2.18. The van der Waals surface area contributed by atoms with E-state index in [-0.39, 0.29) is 6.54 Å². The minimum Gasteiger partial charge on any atom is -0.481 e. The Morgan fingerprint density at radius 3 is 2.55 bits per heavy atom. The second-order valence-electron chi connectivity index (χ2n) is 3.80. The van der Waals surface area contributed by atoms with Gasteiger partial charge >= 0.3 is 12.6 Å². The molecule has 0 radical (unpaired) electrons. The highest BCUT2D eigenvalue weighted by Gasteiger charge is 2.26. The largest absolute Gasteiger partial charge is 0.481 e. The fourth-order valence-corrected chi connectivity index (χ4v) is 2.69. The Balaban J connectivity index is 3.05. The number of carboxylic acid groups (broad SMARTS) is 1. The van der Waals surface area contributed by atoms with E-state index in [0.29, 0.717) is 0 Å². The van der Waals surface area contributed by atoms with E-state index >= 15 is 0 Å². The molecule has 0 saturated heterocycles. The number of para-hydroxylation sites is 1. The first-order valence-electron chi connectivity index (χ1n) is 5.47. The maximum absolute atomic E-state index is 12.2. The zero-order chi connectivity index (χ0) is 15.3. The lowest BCUT2D eigenvalue weighted by atomic mass is 10.3. The molecule has 0 amide bonds. The first kappa shape index (κ1) is 16.3. The number of alkyl halides is 2. The molecule has 6 nitrogen and oxygen atoms in total. The third kappa shape index (κ3) is 4.14. The number of ether oxygens (including phenoxy) is 1. The molecule has 0 aliphatic heterocycles. The van der Waals surface area contributed by atoms with Crippen molar-refractivity contribution in [2.45, 2.75) is 17.9 Å². The lowest BCUT2D eigenvalue weighted by Crippen LogP contribution is -2.29. The number of hydrogen-bond donors (Lipinski definition) is 1. The van der Waals surface area contributed by atoms with E-state index < -0.39 is 39.7 Å². The van der Waals surface area contributed by atoms with E-state index in [4.69, 9.17) is 5.11 Å². The molecule has 0 fully saturated rings. The summed E-state index contributed by atoms with van der Waals surface area (Å²) in [4.78, 5) is 10.00. The Bertz CT molecular complexity index is 576. The third-order valence-electron chi connectivity index (χ3n) is 2.39. The third-order valence-corrected chi connectivity index (χ3v) is 4.29. The molecule has 1 aromatic carbocycles. The number of hydrogen-bond acceptors (Lipinski definition) is 4. The fourth-order valence-electron chi connectivity index (χ4n) is 1.40. The van der Waals surface area contributed by atoms with Crippen LogP contribution in [0.5, 0.6) is 5.75 Å². The maximum Gasteiger partial charge on any atom is 0.387 e. The summed E-state index contributed by atoms with van der Waals surface area (Å²) in [7, 11) is -2.94. The first-order chi connectivity index (χ1) is 9.25. The number of carbonyl (C=O) groups is 1. The number of benzene rings is 1. The Labute approximate surface area is 114 Å². The molecule has 0 heterocycles. The number of nitrogens with zero attached hydrogens (tertiary/aromatic N) is 1. The molecule has 0 bridgehead atoms. The van der Waals surface area contributed by atoms with E-state index in [1.165, 1.54) is 12.1 Å². The molecule has 20 heavy (non-hydrogen) atoms. The normalized spacial score (nSPS) is 11.8. The zero-order valence-electron chi connectivity index (χ0n) is 10.5. The van der Waals surface area contributed by atoms with Gasteiger partial charge in [0.05, 0.1) is 6.42 Å². The number of aliphatic carboxylic acids is 1. The quantitative estimate of drug-likeness (QED) is 0.822. The van der Waals surface area contributed by atoms with Crippen LogP contribution in [0.3, 0.4) is 0 Å². The summed E-state index contributed by atoms with van der Waals surface area (Å²) < 4.78 is 53.7. The summed E-state index contributed by atoms with van der Waals surface area (Å²) in [6.45, 7) is -3.43. The van der Waals surface area contributed by atoms with Crippen LogP contribution in [0.1, 0.15) is 6.42 Å². The van der Waals surface area contributed by atoms with Crippen LogP contribution < -0.4 is 4.74 Å². The van der Waals surface area contributed by atoms with Gasteiger partial charge < -0.3 is 9.84 Å². The van der Waals surface area contributed by atoms with Crippen LogP contribution in [0.15, 0.2) is 29.2 Å². The van der Waals surface area contributed by atoms with E-state index in [2.05, 4.69) is 4.74 Å². The molecule has 0 unspecified atom stereocenters. The number of halogens is 2. The van der Waals surface area contributed by atoms with E-state index in [1.807, 2.05) is 0 Å². The standard InChI is InChI=1S/C11H13F2NO5S/c1-14(7-6-10(15)16)20(17,18)9-5-3-2-4-8(9)19-11(12)13/h2-5,11H,6-7H2,1H3,(H,15,16). The number of carboxylic acids is 1. The summed E-state index contributed by atoms with van der Waals surface area (Å²) in [5.41, 5.74) is 0. The second-order valence-corrected chi connectivity index (χ2v) is 5.81. The van der Waals surface area contributed by atoms with Gasteiger partial charge in [0.15, 0.2) is 0 Å². The van der Waals surface area contributed by atoms with E-state index in [0.717, 1.165) is 23.5 Å². The molecule has 0 atom stereocenters. The summed E-state index contributed by atoms with van der Waals surface area (Å²) in [6.07, 6.45) is -0.395.